The first kappa shape index (κ1) is 19.4. The van der Waals surface area contributed by atoms with Gasteiger partial charge in [-0.05, 0) is 42.8 Å². The van der Waals surface area contributed by atoms with Crippen molar-refractivity contribution in [1.82, 2.24) is 5.32 Å². The summed E-state index contributed by atoms with van der Waals surface area (Å²) in [7, 11) is 1.60. The van der Waals surface area contributed by atoms with Crippen molar-refractivity contribution >= 4 is 11.6 Å². The van der Waals surface area contributed by atoms with E-state index in [-0.39, 0.29) is 12.4 Å². The predicted octanol–water partition coefficient (Wildman–Crippen LogP) is 2.21. The molecule has 0 bridgehead atoms. The number of hydrogen-bond acceptors (Lipinski definition) is 3. The molecule has 5 heteroatoms. The molecule has 132 valence electrons. The van der Waals surface area contributed by atoms with Crippen LogP contribution in [0.4, 0.5) is 0 Å². The smallest absolute Gasteiger partial charge is 0.137 e. The van der Waals surface area contributed by atoms with Gasteiger partial charge in [-0.15, -0.1) is 0 Å². The third-order valence-electron chi connectivity index (χ3n) is 3.85. The van der Waals surface area contributed by atoms with E-state index in [0.717, 1.165) is 23.6 Å². The molecule has 1 N–H and O–H groups in total. The van der Waals surface area contributed by atoms with Gasteiger partial charge in [0, 0.05) is 12.1 Å². The van der Waals surface area contributed by atoms with Crippen LogP contribution >= 0.6 is 11.6 Å². The van der Waals surface area contributed by atoms with Crippen LogP contribution in [0.3, 0.4) is 0 Å². The van der Waals surface area contributed by atoms with Gasteiger partial charge in [0.15, 0.2) is 0 Å². The number of halogens is 2. The Morgan fingerprint density at radius 1 is 1.00 bits per heavy atom. The second-order valence-electron chi connectivity index (χ2n) is 5.70. The lowest BCUT2D eigenvalue weighted by molar-refractivity contribution is -0.00000569. The van der Waals surface area contributed by atoms with E-state index in [2.05, 4.69) is 36.5 Å². The summed E-state index contributed by atoms with van der Waals surface area (Å²) in [6.45, 7) is 3.58. The average molecular weight is 377 g/mol. The predicted molar refractivity (Wildman–Crippen MR) is 97.4 cm³/mol. The highest BCUT2D eigenvalue weighted by Crippen LogP contribution is 2.31. The molecule has 1 heterocycles. The van der Waals surface area contributed by atoms with Crippen molar-refractivity contribution in [3.63, 3.8) is 0 Å². The topological polar surface area (TPSA) is 34.4 Å². The average Bonchev–Trinajstić information content (AvgIpc) is 3.05. The Morgan fingerprint density at radius 2 is 1.76 bits per heavy atom. The minimum atomic E-state index is 0. The van der Waals surface area contributed by atoms with Crippen LogP contribution < -0.4 is 22.5 Å². The summed E-state index contributed by atoms with van der Waals surface area (Å²) in [5.74, 6) is 2.35. The van der Waals surface area contributed by atoms with Crippen molar-refractivity contribution in [1.29, 1.82) is 0 Å². The molecule has 0 aliphatic rings. The van der Waals surface area contributed by atoms with Crippen LogP contribution in [0.25, 0.3) is 11.3 Å². The van der Waals surface area contributed by atoms with Gasteiger partial charge in [0.2, 0.25) is 0 Å². The number of benzene rings is 2. The van der Waals surface area contributed by atoms with Crippen molar-refractivity contribution in [2.45, 2.75) is 20.0 Å². The lowest BCUT2D eigenvalue weighted by Crippen LogP contribution is -3.00. The zero-order chi connectivity index (χ0) is 16.9. The molecule has 0 fully saturated rings. The molecule has 0 unspecified atom stereocenters. The van der Waals surface area contributed by atoms with Crippen LogP contribution in [0.5, 0.6) is 5.75 Å². The summed E-state index contributed by atoms with van der Waals surface area (Å²) < 4.78 is 11.1. The highest BCUT2D eigenvalue weighted by atomic mass is 35.5. The summed E-state index contributed by atoms with van der Waals surface area (Å²) in [6, 6.07) is 18.1. The fraction of sp³-hybridized carbons (Fsp3) is 0.200. The number of rotatable bonds is 6. The number of ether oxygens (including phenoxy) is 1. The van der Waals surface area contributed by atoms with Crippen LogP contribution in [0.1, 0.15) is 16.9 Å². The van der Waals surface area contributed by atoms with Gasteiger partial charge in [0.25, 0.3) is 0 Å². The summed E-state index contributed by atoms with van der Waals surface area (Å²) in [6.07, 6.45) is 0. The molecule has 3 rings (SSSR count). The molecule has 0 radical (unpaired) electrons. The van der Waals surface area contributed by atoms with Crippen molar-refractivity contribution in [2.24, 2.45) is 0 Å². The molecule has 3 aromatic rings. The first-order valence-electron chi connectivity index (χ1n) is 7.84. The fourth-order valence-electron chi connectivity index (χ4n) is 2.48. The standard InChI is InChI=1S/C20H20ClNO2.ClH/c1-14-3-5-15(6-4-14)12-22-13-17-8-10-19(24-17)16-7-9-20(23-2)18(21)11-16;/h3-11,22H,12-13H2,1-2H3;1H/p-1. The number of furan rings is 1. The molecule has 0 aliphatic heterocycles. The normalized spacial score (nSPS) is 10.4. The Bertz CT molecular complexity index is 813. The monoisotopic (exact) mass is 376 g/mol. The Balaban J connectivity index is 0.00000225. The van der Waals surface area contributed by atoms with E-state index in [1.807, 2.05) is 30.3 Å². The van der Waals surface area contributed by atoms with E-state index in [1.165, 1.54) is 11.1 Å². The van der Waals surface area contributed by atoms with Gasteiger partial charge >= 0.3 is 0 Å². The first-order chi connectivity index (χ1) is 11.7. The molecule has 0 spiro atoms. The third-order valence-corrected chi connectivity index (χ3v) is 4.14. The Hall–Kier alpha value is -1.94. The van der Waals surface area contributed by atoms with Crippen molar-refractivity contribution < 1.29 is 21.6 Å². The number of aryl methyl sites for hydroxylation is 1. The molecule has 0 saturated carbocycles. The maximum absolute atomic E-state index is 6.17. The van der Waals surface area contributed by atoms with E-state index < -0.39 is 0 Å². The zero-order valence-corrected chi connectivity index (χ0v) is 15.7. The molecule has 0 atom stereocenters. The summed E-state index contributed by atoms with van der Waals surface area (Å²) >= 11 is 6.17. The first-order valence-corrected chi connectivity index (χ1v) is 8.22. The van der Waals surface area contributed by atoms with Crippen LogP contribution in [-0.2, 0) is 13.1 Å². The largest absolute Gasteiger partial charge is 1.00 e. The van der Waals surface area contributed by atoms with Gasteiger partial charge < -0.3 is 26.9 Å². The van der Waals surface area contributed by atoms with E-state index in [9.17, 15) is 0 Å². The minimum absolute atomic E-state index is 0. The van der Waals surface area contributed by atoms with Gasteiger partial charge in [-0.2, -0.15) is 0 Å². The van der Waals surface area contributed by atoms with Gasteiger partial charge in [0.05, 0.1) is 18.7 Å². The lowest BCUT2D eigenvalue weighted by Gasteiger charge is -2.05. The SMILES string of the molecule is COc1ccc(-c2ccc(CNCc3ccc(C)cc3)o2)cc1Cl.[Cl-]. The molecule has 1 aromatic heterocycles. The minimum Gasteiger partial charge on any atom is -1.00 e. The zero-order valence-electron chi connectivity index (χ0n) is 14.2. The van der Waals surface area contributed by atoms with Crippen LogP contribution in [0.15, 0.2) is 59.0 Å². The van der Waals surface area contributed by atoms with Crippen LogP contribution in [0.2, 0.25) is 5.02 Å². The summed E-state index contributed by atoms with van der Waals surface area (Å²) in [4.78, 5) is 0. The molecule has 2 aromatic carbocycles. The lowest BCUT2D eigenvalue weighted by atomic mass is 10.1. The molecule has 0 saturated heterocycles. The summed E-state index contributed by atoms with van der Waals surface area (Å²) in [5, 5.41) is 3.97. The van der Waals surface area contributed by atoms with Gasteiger partial charge in [0.1, 0.15) is 17.3 Å². The quantitative estimate of drug-likeness (QED) is 0.716. The highest BCUT2D eigenvalue weighted by molar-refractivity contribution is 6.32. The molecule has 0 aliphatic carbocycles. The number of nitrogens with one attached hydrogen (secondary N) is 1. The fourth-order valence-corrected chi connectivity index (χ4v) is 2.74. The van der Waals surface area contributed by atoms with Crippen molar-refractivity contribution in [3.05, 3.63) is 76.5 Å². The van der Waals surface area contributed by atoms with Crippen LogP contribution in [-0.4, -0.2) is 7.11 Å². The van der Waals surface area contributed by atoms with E-state index in [4.69, 9.17) is 20.8 Å². The van der Waals surface area contributed by atoms with Gasteiger partial charge in [-0.25, -0.2) is 0 Å². The van der Waals surface area contributed by atoms with Gasteiger partial charge in [-0.1, -0.05) is 41.4 Å². The number of methoxy groups -OCH3 is 1. The van der Waals surface area contributed by atoms with E-state index in [1.54, 1.807) is 7.11 Å². The molecule has 0 amide bonds. The maximum Gasteiger partial charge on any atom is 0.137 e. The molecule has 3 nitrogen and oxygen atoms in total. The molecular formula is C20H20Cl2NO2-. The van der Waals surface area contributed by atoms with E-state index in [0.29, 0.717) is 17.3 Å². The van der Waals surface area contributed by atoms with Gasteiger partial charge in [-0.3, -0.25) is 0 Å². The van der Waals surface area contributed by atoms with Crippen molar-refractivity contribution in [3.8, 4) is 17.1 Å². The second kappa shape index (κ2) is 8.95. The maximum atomic E-state index is 6.17. The summed E-state index contributed by atoms with van der Waals surface area (Å²) in [5.41, 5.74) is 3.47. The van der Waals surface area contributed by atoms with Crippen molar-refractivity contribution in [2.75, 3.05) is 7.11 Å². The van der Waals surface area contributed by atoms with Crippen LogP contribution in [0, 0.1) is 6.92 Å². The Kier molecular flexibility index (Phi) is 6.94. The van der Waals surface area contributed by atoms with E-state index >= 15 is 0 Å². The Morgan fingerprint density at radius 3 is 2.44 bits per heavy atom. The highest BCUT2D eigenvalue weighted by Gasteiger charge is 2.08. The molecule has 25 heavy (non-hydrogen) atoms. The Labute approximate surface area is 159 Å². The molecular weight excluding hydrogens is 357 g/mol. The number of hydrogen-bond donors (Lipinski definition) is 1. The third kappa shape index (κ3) is 5.02. The second-order valence-corrected chi connectivity index (χ2v) is 6.11.